The molecule has 0 aliphatic carbocycles. The number of anilines is 2. The van der Waals surface area contributed by atoms with Gasteiger partial charge in [-0.1, -0.05) is 18.2 Å². The van der Waals surface area contributed by atoms with E-state index in [-0.39, 0.29) is 23.5 Å². The van der Waals surface area contributed by atoms with E-state index < -0.39 is 0 Å². The molecule has 0 bridgehead atoms. The lowest BCUT2D eigenvalue weighted by molar-refractivity contribution is 0.0303. The Labute approximate surface area is 216 Å². The summed E-state index contributed by atoms with van der Waals surface area (Å²) in [5, 5.41) is 0.457. The molecule has 4 heterocycles. The van der Waals surface area contributed by atoms with E-state index in [2.05, 4.69) is 21.9 Å². The Balaban J connectivity index is 1.49. The Hall–Kier alpha value is -3.36. The molecule has 2 atom stereocenters. The largest absolute Gasteiger partial charge is 0.440 e. The molecule has 3 aliphatic rings. The highest BCUT2D eigenvalue weighted by molar-refractivity contribution is 5.99. The van der Waals surface area contributed by atoms with Crippen LogP contribution >= 0.6 is 0 Å². The van der Waals surface area contributed by atoms with Crippen LogP contribution in [0.1, 0.15) is 41.7 Å². The van der Waals surface area contributed by atoms with Gasteiger partial charge < -0.3 is 28.6 Å². The lowest BCUT2D eigenvalue weighted by Gasteiger charge is -2.32. The Morgan fingerprint density at radius 1 is 0.973 bits per heavy atom. The van der Waals surface area contributed by atoms with E-state index in [1.165, 1.54) is 0 Å². The van der Waals surface area contributed by atoms with Crippen molar-refractivity contribution in [3.63, 3.8) is 0 Å². The van der Waals surface area contributed by atoms with Gasteiger partial charge in [-0.15, -0.1) is 0 Å². The van der Waals surface area contributed by atoms with Crippen LogP contribution in [0.5, 0.6) is 0 Å². The molecular weight excluding hydrogens is 470 g/mol. The van der Waals surface area contributed by atoms with Crippen molar-refractivity contribution in [1.82, 2.24) is 4.90 Å². The van der Waals surface area contributed by atoms with E-state index in [4.69, 9.17) is 13.9 Å². The molecule has 0 spiro atoms. The van der Waals surface area contributed by atoms with Crippen LogP contribution < -0.4 is 15.2 Å². The van der Waals surface area contributed by atoms with Crippen LogP contribution in [0.25, 0.3) is 11.0 Å². The van der Waals surface area contributed by atoms with Crippen LogP contribution in [-0.4, -0.2) is 69.5 Å². The molecule has 194 valence electrons. The zero-order chi connectivity index (χ0) is 25.4. The van der Waals surface area contributed by atoms with Gasteiger partial charge in [-0.05, 0) is 44.0 Å². The van der Waals surface area contributed by atoms with E-state index in [1.54, 1.807) is 12.1 Å². The number of carbonyl (C=O) groups is 1. The van der Waals surface area contributed by atoms with Gasteiger partial charge in [-0.25, -0.2) is 0 Å². The molecule has 0 saturated carbocycles. The van der Waals surface area contributed by atoms with E-state index >= 15 is 0 Å². The molecule has 3 aromatic rings. The highest BCUT2D eigenvalue weighted by atomic mass is 16.5. The molecule has 3 saturated heterocycles. The topological polar surface area (TPSA) is 75.5 Å². The molecular formula is C29H33N3O5. The fourth-order valence-corrected chi connectivity index (χ4v) is 5.79. The number of amides is 1. The predicted molar refractivity (Wildman–Crippen MR) is 143 cm³/mol. The summed E-state index contributed by atoms with van der Waals surface area (Å²) in [4.78, 5) is 33.3. The predicted octanol–water partition coefficient (Wildman–Crippen LogP) is 3.83. The number of fused-ring (bicyclic) bond motifs is 1. The van der Waals surface area contributed by atoms with Gasteiger partial charge in [-0.2, -0.15) is 0 Å². The van der Waals surface area contributed by atoms with Crippen LogP contribution in [0.3, 0.4) is 0 Å². The third kappa shape index (κ3) is 4.71. The smallest absolute Gasteiger partial charge is 0.254 e. The molecule has 37 heavy (non-hydrogen) atoms. The Bertz CT molecular complexity index is 1330. The molecule has 3 fully saturated rings. The van der Waals surface area contributed by atoms with E-state index in [9.17, 15) is 9.59 Å². The lowest BCUT2D eigenvalue weighted by atomic mass is 9.97. The number of benzene rings is 2. The van der Waals surface area contributed by atoms with E-state index in [0.29, 0.717) is 68.4 Å². The third-order valence-corrected chi connectivity index (χ3v) is 7.64. The molecule has 2 unspecified atom stereocenters. The van der Waals surface area contributed by atoms with E-state index in [1.807, 2.05) is 36.1 Å². The summed E-state index contributed by atoms with van der Waals surface area (Å²) in [7, 11) is 0. The number of carbonyl (C=O) groups excluding carboxylic acids is 1. The Kier molecular flexibility index (Phi) is 6.61. The molecule has 0 N–H and O–H groups in total. The van der Waals surface area contributed by atoms with Crippen molar-refractivity contribution >= 4 is 28.4 Å². The van der Waals surface area contributed by atoms with Gasteiger partial charge in [0, 0.05) is 55.6 Å². The third-order valence-electron chi connectivity index (χ3n) is 7.64. The number of nitrogens with zero attached hydrogens (tertiary/aromatic N) is 3. The number of rotatable bonds is 4. The second-order valence-corrected chi connectivity index (χ2v) is 10.1. The summed E-state index contributed by atoms with van der Waals surface area (Å²) in [5.41, 5.74) is 3.01. The minimum absolute atomic E-state index is 0.00403. The van der Waals surface area contributed by atoms with Gasteiger partial charge in [0.1, 0.15) is 5.58 Å². The molecule has 8 heteroatoms. The second kappa shape index (κ2) is 10.2. The summed E-state index contributed by atoms with van der Waals surface area (Å²) >= 11 is 0. The molecule has 2 aromatic carbocycles. The maximum absolute atomic E-state index is 13.5. The van der Waals surface area contributed by atoms with E-state index in [0.717, 1.165) is 30.6 Å². The molecule has 1 amide bonds. The SMILES string of the molecule is CC1CN(c2cc(=O)c3cc(C(=O)N4CCOCC4)cc(C4CCCN4c4ccccc4)c3o2)CCO1. The number of morpholine rings is 2. The standard InChI is InChI=1S/C29H33N3O5/c1-20-19-31(12-15-36-20)27-18-26(33)24-17-21(29(34)30-10-13-35-14-11-30)16-23(28(24)37-27)25-8-5-9-32(25)22-6-3-2-4-7-22/h2-4,6-7,16-18,20,25H,5,8-15,19H2,1H3. The van der Waals surface area contributed by atoms with Gasteiger partial charge >= 0.3 is 0 Å². The van der Waals surface area contributed by atoms with Gasteiger partial charge in [0.05, 0.1) is 37.4 Å². The minimum atomic E-state index is -0.127. The average Bonchev–Trinajstić information content (AvgIpc) is 3.43. The average molecular weight is 504 g/mol. The van der Waals surface area contributed by atoms with Crippen LogP contribution in [0.2, 0.25) is 0 Å². The first-order chi connectivity index (χ1) is 18.1. The minimum Gasteiger partial charge on any atom is -0.440 e. The maximum Gasteiger partial charge on any atom is 0.254 e. The van der Waals surface area contributed by atoms with Crippen molar-refractivity contribution in [3.05, 3.63) is 69.9 Å². The molecule has 0 radical (unpaired) electrons. The summed E-state index contributed by atoms with van der Waals surface area (Å²) in [6.45, 7) is 7.01. The summed E-state index contributed by atoms with van der Waals surface area (Å²) in [6, 6.07) is 15.6. The van der Waals surface area contributed by atoms with Crippen molar-refractivity contribution in [3.8, 4) is 0 Å². The zero-order valence-electron chi connectivity index (χ0n) is 21.2. The Morgan fingerprint density at radius 3 is 2.57 bits per heavy atom. The quantitative estimate of drug-likeness (QED) is 0.536. The number of ether oxygens (including phenoxy) is 2. The van der Waals surface area contributed by atoms with Gasteiger partial charge in [0.15, 0.2) is 11.3 Å². The van der Waals surface area contributed by atoms with Gasteiger partial charge in [0.2, 0.25) is 0 Å². The van der Waals surface area contributed by atoms with Gasteiger partial charge in [-0.3, -0.25) is 9.59 Å². The summed E-state index contributed by atoms with van der Waals surface area (Å²) in [6.07, 6.45) is 2.00. The highest BCUT2D eigenvalue weighted by Crippen LogP contribution is 2.40. The summed E-state index contributed by atoms with van der Waals surface area (Å²) < 4.78 is 17.7. The summed E-state index contributed by atoms with van der Waals surface area (Å²) in [5.74, 6) is 0.492. The number of hydrogen-bond donors (Lipinski definition) is 0. The van der Waals surface area contributed by atoms with Crippen molar-refractivity contribution in [1.29, 1.82) is 0 Å². The number of para-hydroxylation sites is 1. The maximum atomic E-state index is 13.5. The first-order valence-corrected chi connectivity index (χ1v) is 13.3. The second-order valence-electron chi connectivity index (χ2n) is 10.1. The van der Waals surface area contributed by atoms with Crippen LogP contribution in [0, 0.1) is 0 Å². The lowest BCUT2D eigenvalue weighted by Crippen LogP contribution is -2.41. The van der Waals surface area contributed by atoms with Crippen molar-refractivity contribution in [2.24, 2.45) is 0 Å². The monoisotopic (exact) mass is 503 g/mol. The van der Waals surface area contributed by atoms with Crippen molar-refractivity contribution < 1.29 is 18.7 Å². The zero-order valence-corrected chi connectivity index (χ0v) is 21.2. The van der Waals surface area contributed by atoms with Crippen LogP contribution in [-0.2, 0) is 9.47 Å². The fourth-order valence-electron chi connectivity index (χ4n) is 5.79. The molecule has 8 nitrogen and oxygen atoms in total. The molecule has 3 aliphatic heterocycles. The molecule has 1 aromatic heterocycles. The van der Waals surface area contributed by atoms with Crippen molar-refractivity contribution in [2.75, 3.05) is 62.3 Å². The highest BCUT2D eigenvalue weighted by Gasteiger charge is 2.31. The number of hydrogen-bond acceptors (Lipinski definition) is 7. The molecule has 6 rings (SSSR count). The normalized spacial score (nSPS) is 22.6. The first kappa shape index (κ1) is 24.0. The van der Waals surface area contributed by atoms with Crippen LogP contribution in [0.15, 0.2) is 57.7 Å². The Morgan fingerprint density at radius 2 is 1.78 bits per heavy atom. The fraction of sp³-hybridized carbons (Fsp3) is 0.448. The van der Waals surface area contributed by atoms with Crippen molar-refractivity contribution in [2.45, 2.75) is 31.9 Å². The first-order valence-electron chi connectivity index (χ1n) is 13.3. The van der Waals surface area contributed by atoms with Gasteiger partial charge in [0.25, 0.3) is 5.91 Å². The van der Waals surface area contributed by atoms with Crippen LogP contribution in [0.4, 0.5) is 11.6 Å².